The lowest BCUT2D eigenvalue weighted by Gasteiger charge is -2.18. The summed E-state index contributed by atoms with van der Waals surface area (Å²) in [7, 11) is 0. The predicted octanol–water partition coefficient (Wildman–Crippen LogP) is 19.9. The molecular weight excluding hydrogens is 877 g/mol. The van der Waals surface area contributed by atoms with Gasteiger partial charge in [0.25, 0.3) is 0 Å². The fraction of sp³-hybridized carbons (Fsp3) is 0.677. The molecule has 0 heterocycles. The topological polar surface area (TPSA) is 78.9 Å². The molecule has 1 unspecified atom stereocenters. The van der Waals surface area contributed by atoms with E-state index in [1.807, 2.05) is 0 Å². The molecule has 71 heavy (non-hydrogen) atoms. The van der Waals surface area contributed by atoms with E-state index in [-0.39, 0.29) is 31.1 Å². The van der Waals surface area contributed by atoms with Gasteiger partial charge in [0, 0.05) is 19.3 Å². The molecule has 0 rings (SSSR count). The van der Waals surface area contributed by atoms with Crippen LogP contribution in [0.25, 0.3) is 0 Å². The van der Waals surface area contributed by atoms with Crippen LogP contribution in [0, 0.1) is 0 Å². The van der Waals surface area contributed by atoms with Crippen molar-refractivity contribution >= 4 is 17.9 Å². The van der Waals surface area contributed by atoms with Gasteiger partial charge in [-0.1, -0.05) is 239 Å². The Bertz CT molecular complexity index is 1460. The van der Waals surface area contributed by atoms with Crippen molar-refractivity contribution < 1.29 is 28.6 Å². The van der Waals surface area contributed by atoms with Gasteiger partial charge in [0.2, 0.25) is 0 Å². The second-order valence-electron chi connectivity index (χ2n) is 19.2. The van der Waals surface area contributed by atoms with E-state index >= 15 is 0 Å². The van der Waals surface area contributed by atoms with E-state index in [2.05, 4.69) is 130 Å². The van der Waals surface area contributed by atoms with Crippen LogP contribution in [0.15, 0.2) is 109 Å². The van der Waals surface area contributed by atoms with E-state index in [0.717, 1.165) is 141 Å². The standard InChI is InChI=1S/C65H108O6/c1-4-7-10-13-16-19-22-24-26-27-28-29-30-31-32-33-34-35-36-37-38-39-40-42-43-46-49-52-55-58-64(67)70-61-62(60-69-63(66)57-54-51-48-45-21-18-15-12-9-6-3)71-65(68)59-56-53-50-47-44-41-25-23-20-17-14-11-8-5-2/h7,10,12,14-17,19,23-26,28-29,31-32,34-35,62H,4-6,8-9,11,13,18,20-22,27,30,33,36-61H2,1-3H3/b10-7-,15-12-,17-14-,19-16-,25-23-,26-24-,29-28-,32-31-,35-34-. The Hall–Kier alpha value is -3.93. The Morgan fingerprint density at radius 2 is 0.577 bits per heavy atom. The molecule has 0 aliphatic carbocycles. The fourth-order valence-corrected chi connectivity index (χ4v) is 7.82. The van der Waals surface area contributed by atoms with Crippen molar-refractivity contribution in [3.63, 3.8) is 0 Å². The summed E-state index contributed by atoms with van der Waals surface area (Å²) in [6, 6.07) is 0. The van der Waals surface area contributed by atoms with Crippen LogP contribution in [0.5, 0.6) is 0 Å². The summed E-state index contributed by atoms with van der Waals surface area (Å²) in [5.74, 6) is -0.919. The Labute approximate surface area is 438 Å². The third kappa shape index (κ3) is 56.9. The molecule has 0 aromatic rings. The van der Waals surface area contributed by atoms with E-state index in [4.69, 9.17) is 14.2 Å². The molecule has 404 valence electrons. The predicted molar refractivity (Wildman–Crippen MR) is 307 cm³/mol. The van der Waals surface area contributed by atoms with Crippen molar-refractivity contribution in [2.24, 2.45) is 0 Å². The minimum absolute atomic E-state index is 0.0893. The molecule has 0 saturated heterocycles. The molecule has 0 spiro atoms. The summed E-state index contributed by atoms with van der Waals surface area (Å²) in [5.41, 5.74) is 0. The SMILES string of the molecule is CC/C=C\C/C=C\C/C=C\C/C=C\C/C=C\C/C=C\CCCCCCCCCCCCC(=O)OCC(COC(=O)CCCCCCC/C=C\CCC)OC(=O)CCCCCCC/C=C\C/C=C\CCCC. The molecule has 0 amide bonds. The van der Waals surface area contributed by atoms with E-state index in [1.54, 1.807) is 0 Å². The van der Waals surface area contributed by atoms with Crippen molar-refractivity contribution in [3.05, 3.63) is 109 Å². The highest BCUT2D eigenvalue weighted by Crippen LogP contribution is 2.15. The molecule has 0 aliphatic heterocycles. The summed E-state index contributed by atoms with van der Waals surface area (Å²) in [5, 5.41) is 0. The van der Waals surface area contributed by atoms with E-state index in [9.17, 15) is 14.4 Å². The molecule has 0 aromatic heterocycles. The molecule has 0 aromatic carbocycles. The highest BCUT2D eigenvalue weighted by Gasteiger charge is 2.19. The van der Waals surface area contributed by atoms with E-state index in [1.165, 1.54) is 83.5 Å². The number of rotatable bonds is 52. The number of carbonyl (C=O) groups excluding carboxylic acids is 3. The molecule has 0 bridgehead atoms. The lowest BCUT2D eigenvalue weighted by Crippen LogP contribution is -2.30. The van der Waals surface area contributed by atoms with Crippen molar-refractivity contribution in [1.29, 1.82) is 0 Å². The van der Waals surface area contributed by atoms with Crippen LogP contribution in [-0.4, -0.2) is 37.2 Å². The molecule has 6 heteroatoms. The zero-order chi connectivity index (χ0) is 51.4. The molecule has 0 fully saturated rings. The average molecular weight is 986 g/mol. The van der Waals surface area contributed by atoms with Crippen LogP contribution >= 0.6 is 0 Å². The third-order valence-corrected chi connectivity index (χ3v) is 12.2. The minimum Gasteiger partial charge on any atom is -0.462 e. The second kappa shape index (κ2) is 58.6. The first-order chi connectivity index (χ1) is 35.0. The highest BCUT2D eigenvalue weighted by atomic mass is 16.6. The lowest BCUT2D eigenvalue weighted by atomic mass is 10.1. The van der Waals surface area contributed by atoms with Gasteiger partial charge in [0.1, 0.15) is 13.2 Å². The maximum atomic E-state index is 12.8. The molecule has 0 N–H and O–H groups in total. The van der Waals surface area contributed by atoms with Gasteiger partial charge in [0.05, 0.1) is 0 Å². The molecule has 1 atom stereocenters. The summed E-state index contributed by atoms with van der Waals surface area (Å²) in [6.45, 7) is 6.40. The Kier molecular flexibility index (Phi) is 55.4. The van der Waals surface area contributed by atoms with Gasteiger partial charge < -0.3 is 14.2 Å². The van der Waals surface area contributed by atoms with Crippen molar-refractivity contribution in [1.82, 2.24) is 0 Å². The summed E-state index contributed by atoms with van der Waals surface area (Å²) in [4.78, 5) is 38.1. The summed E-state index contributed by atoms with van der Waals surface area (Å²) >= 11 is 0. The number of hydrogen-bond acceptors (Lipinski definition) is 6. The monoisotopic (exact) mass is 985 g/mol. The largest absolute Gasteiger partial charge is 0.462 e. The van der Waals surface area contributed by atoms with E-state index < -0.39 is 6.10 Å². The van der Waals surface area contributed by atoms with Crippen LogP contribution in [0.4, 0.5) is 0 Å². The Morgan fingerprint density at radius 3 is 0.930 bits per heavy atom. The van der Waals surface area contributed by atoms with Gasteiger partial charge in [-0.15, -0.1) is 0 Å². The molecule has 0 saturated carbocycles. The number of carbonyl (C=O) groups is 3. The first-order valence-corrected chi connectivity index (χ1v) is 29.4. The highest BCUT2D eigenvalue weighted by molar-refractivity contribution is 5.71. The summed E-state index contributed by atoms with van der Waals surface area (Å²) < 4.78 is 16.8. The fourth-order valence-electron chi connectivity index (χ4n) is 7.82. The number of hydrogen-bond donors (Lipinski definition) is 0. The zero-order valence-electron chi connectivity index (χ0n) is 46.2. The second-order valence-corrected chi connectivity index (χ2v) is 19.2. The summed E-state index contributed by atoms with van der Waals surface area (Å²) in [6.07, 6.45) is 79.5. The van der Waals surface area contributed by atoms with Gasteiger partial charge in [-0.2, -0.15) is 0 Å². The molecule has 0 aliphatic rings. The first-order valence-electron chi connectivity index (χ1n) is 29.4. The van der Waals surface area contributed by atoms with Crippen LogP contribution in [0.1, 0.15) is 265 Å². The first kappa shape index (κ1) is 67.1. The maximum absolute atomic E-state index is 12.8. The normalized spacial score (nSPS) is 12.9. The lowest BCUT2D eigenvalue weighted by molar-refractivity contribution is -0.167. The smallest absolute Gasteiger partial charge is 0.306 e. The molecule has 6 nitrogen and oxygen atoms in total. The molecular formula is C65H108O6. The maximum Gasteiger partial charge on any atom is 0.306 e. The zero-order valence-corrected chi connectivity index (χ0v) is 46.2. The number of ether oxygens (including phenoxy) is 3. The van der Waals surface area contributed by atoms with Crippen molar-refractivity contribution in [3.8, 4) is 0 Å². The van der Waals surface area contributed by atoms with Crippen LogP contribution < -0.4 is 0 Å². The van der Waals surface area contributed by atoms with Crippen molar-refractivity contribution in [2.45, 2.75) is 271 Å². The third-order valence-electron chi connectivity index (χ3n) is 12.2. The quantitative estimate of drug-likeness (QED) is 0.0261. The number of esters is 3. The van der Waals surface area contributed by atoms with Crippen LogP contribution in [0.2, 0.25) is 0 Å². The Morgan fingerprint density at radius 1 is 0.296 bits per heavy atom. The van der Waals surface area contributed by atoms with Crippen molar-refractivity contribution in [2.75, 3.05) is 13.2 Å². The minimum atomic E-state index is -0.791. The number of allylic oxidation sites excluding steroid dienone is 18. The average Bonchev–Trinajstić information content (AvgIpc) is 3.37. The Balaban J connectivity index is 4.23. The van der Waals surface area contributed by atoms with Gasteiger partial charge in [0.15, 0.2) is 6.10 Å². The van der Waals surface area contributed by atoms with Gasteiger partial charge in [-0.05, 0) is 116 Å². The van der Waals surface area contributed by atoms with Gasteiger partial charge in [-0.3, -0.25) is 14.4 Å². The van der Waals surface area contributed by atoms with Gasteiger partial charge in [-0.25, -0.2) is 0 Å². The van der Waals surface area contributed by atoms with Gasteiger partial charge >= 0.3 is 17.9 Å². The molecule has 0 radical (unpaired) electrons. The number of unbranched alkanes of at least 4 members (excludes halogenated alkanes) is 23. The van der Waals surface area contributed by atoms with Crippen LogP contribution in [-0.2, 0) is 28.6 Å². The van der Waals surface area contributed by atoms with Crippen LogP contribution in [0.3, 0.4) is 0 Å². The van der Waals surface area contributed by atoms with E-state index in [0.29, 0.717) is 19.3 Å².